The molecule has 5 heteroatoms. The molecule has 22 heavy (non-hydrogen) atoms. The van der Waals surface area contributed by atoms with Gasteiger partial charge in [-0.15, -0.1) is 0 Å². The first-order chi connectivity index (χ1) is 10.4. The van der Waals surface area contributed by atoms with Crippen molar-refractivity contribution < 1.29 is 19.4 Å². The Morgan fingerprint density at radius 3 is 2.55 bits per heavy atom. The van der Waals surface area contributed by atoms with Gasteiger partial charge in [0.2, 0.25) is 0 Å². The average molecular weight is 365 g/mol. The average Bonchev–Trinajstić information content (AvgIpc) is 3.26. The second-order valence-electron chi connectivity index (χ2n) is 5.59. The first kappa shape index (κ1) is 15.0. The van der Waals surface area contributed by atoms with E-state index in [1.165, 1.54) is 18.2 Å². The quantitative estimate of drug-likeness (QED) is 0.818. The molecule has 2 aromatic rings. The SMILES string of the molecule is Cc1cc(F)ccc1-c1c(C2CC2)cc(C(=O)O)c(O)c1Br. The van der Waals surface area contributed by atoms with Crippen LogP contribution in [0.2, 0.25) is 0 Å². The molecule has 1 saturated carbocycles. The molecule has 0 amide bonds. The van der Waals surface area contributed by atoms with Gasteiger partial charge in [-0.25, -0.2) is 9.18 Å². The van der Waals surface area contributed by atoms with Gasteiger partial charge >= 0.3 is 5.97 Å². The summed E-state index contributed by atoms with van der Waals surface area (Å²) in [6.07, 6.45) is 1.98. The summed E-state index contributed by atoms with van der Waals surface area (Å²) in [5.74, 6) is -1.50. The lowest BCUT2D eigenvalue weighted by molar-refractivity contribution is 0.0693. The molecule has 1 fully saturated rings. The number of hydrogen-bond donors (Lipinski definition) is 2. The minimum Gasteiger partial charge on any atom is -0.506 e. The first-order valence-corrected chi connectivity index (χ1v) is 7.74. The summed E-state index contributed by atoms with van der Waals surface area (Å²) < 4.78 is 13.7. The number of benzene rings is 2. The fourth-order valence-electron chi connectivity index (χ4n) is 2.72. The number of carboxylic acids is 1. The summed E-state index contributed by atoms with van der Waals surface area (Å²) in [6, 6.07) is 6.00. The smallest absolute Gasteiger partial charge is 0.339 e. The van der Waals surface area contributed by atoms with E-state index >= 15 is 0 Å². The van der Waals surface area contributed by atoms with E-state index in [4.69, 9.17) is 0 Å². The van der Waals surface area contributed by atoms with Crippen LogP contribution in [0, 0.1) is 12.7 Å². The maximum absolute atomic E-state index is 13.3. The van der Waals surface area contributed by atoms with E-state index in [0.717, 1.165) is 35.1 Å². The molecular weight excluding hydrogens is 351 g/mol. The Balaban J connectivity index is 2.30. The van der Waals surface area contributed by atoms with Crippen LogP contribution >= 0.6 is 15.9 Å². The molecule has 3 nitrogen and oxygen atoms in total. The van der Waals surface area contributed by atoms with Crippen molar-refractivity contribution in [3.05, 3.63) is 51.2 Å². The van der Waals surface area contributed by atoms with Crippen molar-refractivity contribution in [2.45, 2.75) is 25.7 Å². The minimum absolute atomic E-state index is 0.114. The first-order valence-electron chi connectivity index (χ1n) is 6.95. The molecule has 0 heterocycles. The van der Waals surface area contributed by atoms with Crippen molar-refractivity contribution in [3.8, 4) is 16.9 Å². The minimum atomic E-state index is -1.16. The Hall–Kier alpha value is -1.88. The van der Waals surface area contributed by atoms with Crippen LogP contribution in [0.1, 0.15) is 40.2 Å². The number of phenols is 1. The Bertz CT molecular complexity index is 782. The summed E-state index contributed by atoms with van der Waals surface area (Å²) in [5, 5.41) is 19.4. The molecule has 2 N–H and O–H groups in total. The lowest BCUT2D eigenvalue weighted by Crippen LogP contribution is -2.02. The molecule has 3 rings (SSSR count). The van der Waals surface area contributed by atoms with E-state index in [1.807, 2.05) is 0 Å². The van der Waals surface area contributed by atoms with Gasteiger partial charge in [-0.2, -0.15) is 0 Å². The van der Waals surface area contributed by atoms with E-state index in [1.54, 1.807) is 13.0 Å². The highest BCUT2D eigenvalue weighted by Gasteiger charge is 2.31. The Morgan fingerprint density at radius 1 is 1.32 bits per heavy atom. The highest BCUT2D eigenvalue weighted by atomic mass is 79.9. The molecule has 114 valence electrons. The fraction of sp³-hybridized carbons (Fsp3) is 0.235. The van der Waals surface area contributed by atoms with Crippen LogP contribution in [0.5, 0.6) is 5.75 Å². The molecule has 0 aliphatic heterocycles. The zero-order chi connectivity index (χ0) is 16.0. The molecule has 0 unspecified atom stereocenters. The monoisotopic (exact) mass is 364 g/mol. The molecule has 0 radical (unpaired) electrons. The van der Waals surface area contributed by atoms with Gasteiger partial charge in [0, 0.05) is 5.56 Å². The predicted octanol–water partition coefficient (Wildman–Crippen LogP) is 4.84. The van der Waals surface area contributed by atoms with Crippen LogP contribution < -0.4 is 0 Å². The summed E-state index contributed by atoms with van der Waals surface area (Å²) >= 11 is 3.33. The van der Waals surface area contributed by atoms with Crippen LogP contribution in [0.4, 0.5) is 4.39 Å². The van der Waals surface area contributed by atoms with Crippen LogP contribution in [0.3, 0.4) is 0 Å². The summed E-state index contributed by atoms with van der Waals surface area (Å²) in [5.41, 5.74) is 3.06. The number of rotatable bonds is 3. The molecule has 0 saturated heterocycles. The zero-order valence-electron chi connectivity index (χ0n) is 11.9. The van der Waals surface area contributed by atoms with Crippen LogP contribution in [0.25, 0.3) is 11.1 Å². The second-order valence-corrected chi connectivity index (χ2v) is 6.38. The lowest BCUT2D eigenvalue weighted by Gasteiger charge is -2.17. The van der Waals surface area contributed by atoms with Gasteiger partial charge in [0.25, 0.3) is 0 Å². The number of hydrogen-bond acceptors (Lipinski definition) is 2. The van der Waals surface area contributed by atoms with Crippen molar-refractivity contribution in [3.63, 3.8) is 0 Å². The third-order valence-corrected chi connectivity index (χ3v) is 4.75. The van der Waals surface area contributed by atoms with Gasteiger partial charge in [0.05, 0.1) is 4.47 Å². The number of aromatic hydroxyl groups is 1. The Morgan fingerprint density at radius 2 is 2.00 bits per heavy atom. The molecule has 0 spiro atoms. The molecule has 0 aromatic heterocycles. The maximum Gasteiger partial charge on any atom is 0.339 e. The summed E-state index contributed by atoms with van der Waals surface area (Å²) in [4.78, 5) is 11.3. The third-order valence-electron chi connectivity index (χ3n) is 3.98. The van der Waals surface area contributed by atoms with E-state index < -0.39 is 5.97 Å². The Labute approximate surface area is 135 Å². The largest absolute Gasteiger partial charge is 0.506 e. The number of carbonyl (C=O) groups is 1. The van der Waals surface area contributed by atoms with E-state index in [0.29, 0.717) is 4.47 Å². The van der Waals surface area contributed by atoms with Gasteiger partial charge < -0.3 is 10.2 Å². The number of carboxylic acid groups (broad SMARTS) is 1. The number of aryl methyl sites for hydroxylation is 1. The third kappa shape index (κ3) is 2.50. The van der Waals surface area contributed by atoms with Gasteiger partial charge in [0.1, 0.15) is 17.1 Å². The fourth-order valence-corrected chi connectivity index (χ4v) is 3.38. The maximum atomic E-state index is 13.3. The van der Waals surface area contributed by atoms with Crippen LogP contribution in [0.15, 0.2) is 28.7 Å². The van der Waals surface area contributed by atoms with Crippen LogP contribution in [-0.4, -0.2) is 16.2 Å². The van der Waals surface area contributed by atoms with Crippen molar-refractivity contribution in [2.75, 3.05) is 0 Å². The summed E-state index contributed by atoms with van der Waals surface area (Å²) in [6.45, 7) is 1.80. The van der Waals surface area contributed by atoms with E-state index in [9.17, 15) is 19.4 Å². The molecule has 0 atom stereocenters. The Kier molecular flexibility index (Phi) is 3.68. The normalized spacial score (nSPS) is 14.1. The standard InChI is InChI=1S/C17H14BrFO3/c1-8-6-10(19)4-5-11(8)14-12(9-2-3-9)7-13(17(21)22)16(20)15(14)18/h4-7,9,20H,2-3H2,1H3,(H,21,22). The van der Waals surface area contributed by atoms with Gasteiger partial charge in [-0.3, -0.25) is 0 Å². The topological polar surface area (TPSA) is 57.5 Å². The highest BCUT2D eigenvalue weighted by molar-refractivity contribution is 9.10. The zero-order valence-corrected chi connectivity index (χ0v) is 13.4. The van der Waals surface area contributed by atoms with Gasteiger partial charge in [-0.1, -0.05) is 6.07 Å². The molecule has 0 bridgehead atoms. The molecule has 1 aliphatic carbocycles. The van der Waals surface area contributed by atoms with E-state index in [2.05, 4.69) is 15.9 Å². The highest BCUT2D eigenvalue weighted by Crippen LogP contribution is 2.50. The van der Waals surface area contributed by atoms with Crippen molar-refractivity contribution in [1.29, 1.82) is 0 Å². The molecular formula is C17H14BrFO3. The van der Waals surface area contributed by atoms with Gasteiger partial charge in [0.15, 0.2) is 0 Å². The van der Waals surface area contributed by atoms with Crippen LogP contribution in [-0.2, 0) is 0 Å². The molecule has 1 aliphatic rings. The summed E-state index contributed by atoms with van der Waals surface area (Å²) in [7, 11) is 0. The number of aromatic carboxylic acids is 1. The van der Waals surface area contributed by atoms with Crippen molar-refractivity contribution in [2.24, 2.45) is 0 Å². The van der Waals surface area contributed by atoms with Crippen molar-refractivity contribution >= 4 is 21.9 Å². The molecule has 2 aromatic carbocycles. The number of halogens is 2. The lowest BCUT2D eigenvalue weighted by atomic mass is 9.91. The second kappa shape index (κ2) is 5.39. The van der Waals surface area contributed by atoms with E-state index in [-0.39, 0.29) is 23.0 Å². The predicted molar refractivity (Wildman–Crippen MR) is 84.9 cm³/mol. The van der Waals surface area contributed by atoms with Crippen molar-refractivity contribution in [1.82, 2.24) is 0 Å². The van der Waals surface area contributed by atoms with Gasteiger partial charge in [-0.05, 0) is 76.5 Å².